The standard InChI is InChI=1S/C26H29ClN2O5/c1-17(2)34-21-9-5-18(6-10-21)23-22(24(30)19-3-7-20(27)8-4-19)25(31)26(32)29(23)12-11-28-13-15-33-16-14-28/h3-10,17,22-23H,11-16H2,1-2H3. The number of carbonyl (C=O) groups is 3. The number of halogens is 1. The van der Waals surface area contributed by atoms with Gasteiger partial charge in [-0.1, -0.05) is 23.7 Å². The molecule has 0 radical (unpaired) electrons. The molecule has 2 fully saturated rings. The first-order valence-electron chi connectivity index (χ1n) is 11.6. The molecule has 2 aliphatic rings. The van der Waals surface area contributed by atoms with Gasteiger partial charge in [0, 0.05) is 36.8 Å². The first-order chi connectivity index (χ1) is 16.3. The molecule has 0 saturated carbocycles. The molecule has 8 heteroatoms. The van der Waals surface area contributed by atoms with Crippen molar-refractivity contribution in [3.63, 3.8) is 0 Å². The van der Waals surface area contributed by atoms with Crippen molar-refractivity contribution in [1.29, 1.82) is 0 Å². The molecule has 7 nitrogen and oxygen atoms in total. The Kier molecular flexibility index (Phi) is 7.66. The van der Waals surface area contributed by atoms with E-state index in [-0.39, 0.29) is 11.9 Å². The minimum atomic E-state index is -1.12. The second-order valence-electron chi connectivity index (χ2n) is 8.85. The summed E-state index contributed by atoms with van der Waals surface area (Å²) in [6.45, 7) is 7.67. The van der Waals surface area contributed by atoms with Crippen molar-refractivity contribution in [1.82, 2.24) is 9.80 Å². The van der Waals surface area contributed by atoms with Crippen molar-refractivity contribution >= 4 is 29.1 Å². The predicted molar refractivity (Wildman–Crippen MR) is 128 cm³/mol. The summed E-state index contributed by atoms with van der Waals surface area (Å²) < 4.78 is 11.1. The third-order valence-corrected chi connectivity index (χ3v) is 6.42. The Morgan fingerprint density at radius 3 is 2.29 bits per heavy atom. The quantitative estimate of drug-likeness (QED) is 0.325. The van der Waals surface area contributed by atoms with E-state index in [9.17, 15) is 14.4 Å². The van der Waals surface area contributed by atoms with Gasteiger partial charge < -0.3 is 14.4 Å². The summed E-state index contributed by atoms with van der Waals surface area (Å²) >= 11 is 5.98. The van der Waals surface area contributed by atoms with Crippen LogP contribution in [0.25, 0.3) is 0 Å². The Morgan fingerprint density at radius 2 is 1.68 bits per heavy atom. The lowest BCUT2D eigenvalue weighted by molar-refractivity contribution is -0.141. The Balaban J connectivity index is 1.65. The third-order valence-electron chi connectivity index (χ3n) is 6.17. The average molecular weight is 485 g/mol. The molecular weight excluding hydrogens is 456 g/mol. The van der Waals surface area contributed by atoms with Gasteiger partial charge in [0.2, 0.25) is 5.78 Å². The molecule has 2 saturated heterocycles. The highest BCUT2D eigenvalue weighted by Crippen LogP contribution is 2.38. The van der Waals surface area contributed by atoms with E-state index < -0.39 is 23.7 Å². The van der Waals surface area contributed by atoms with Gasteiger partial charge in [-0.25, -0.2) is 0 Å². The Hall–Kier alpha value is -2.74. The van der Waals surface area contributed by atoms with Crippen LogP contribution in [0.2, 0.25) is 5.02 Å². The number of benzene rings is 2. The highest BCUT2D eigenvalue weighted by atomic mass is 35.5. The maximum Gasteiger partial charge on any atom is 0.291 e. The van der Waals surface area contributed by atoms with E-state index in [0.29, 0.717) is 42.6 Å². The largest absolute Gasteiger partial charge is 0.491 e. The number of ether oxygens (including phenoxy) is 2. The molecular formula is C26H29ClN2O5. The fourth-order valence-electron chi connectivity index (χ4n) is 4.48. The molecule has 2 unspecified atom stereocenters. The van der Waals surface area contributed by atoms with Crippen LogP contribution < -0.4 is 4.74 Å². The number of amides is 1. The summed E-state index contributed by atoms with van der Waals surface area (Å²) in [4.78, 5) is 43.5. The second-order valence-corrected chi connectivity index (χ2v) is 9.28. The normalized spacial score (nSPS) is 21.4. The molecule has 1 amide bonds. The van der Waals surface area contributed by atoms with Crippen LogP contribution in [-0.4, -0.2) is 72.8 Å². The van der Waals surface area contributed by atoms with Crippen LogP contribution >= 0.6 is 11.6 Å². The minimum Gasteiger partial charge on any atom is -0.491 e. The zero-order valence-electron chi connectivity index (χ0n) is 19.4. The van der Waals surface area contributed by atoms with Crippen molar-refractivity contribution in [3.8, 4) is 5.75 Å². The minimum absolute atomic E-state index is 0.0183. The Labute approximate surface area is 204 Å². The number of carbonyl (C=O) groups excluding carboxylic acids is 3. The van der Waals surface area contributed by atoms with Crippen molar-refractivity contribution in [2.24, 2.45) is 5.92 Å². The molecule has 4 rings (SSSR count). The molecule has 0 aromatic heterocycles. The SMILES string of the molecule is CC(C)Oc1ccc(C2C(C(=O)c3ccc(Cl)cc3)C(=O)C(=O)N2CCN2CCOCC2)cc1. The molecule has 34 heavy (non-hydrogen) atoms. The molecule has 2 atom stereocenters. The van der Waals surface area contributed by atoms with E-state index in [2.05, 4.69) is 4.90 Å². The average Bonchev–Trinajstić information content (AvgIpc) is 3.08. The van der Waals surface area contributed by atoms with Crippen molar-refractivity contribution < 1.29 is 23.9 Å². The second kappa shape index (κ2) is 10.7. The first-order valence-corrected chi connectivity index (χ1v) is 11.9. The van der Waals surface area contributed by atoms with E-state index in [1.165, 1.54) is 0 Å². The van der Waals surface area contributed by atoms with Gasteiger partial charge in [-0.05, 0) is 55.8 Å². The molecule has 180 valence electrons. The Morgan fingerprint density at radius 1 is 1.03 bits per heavy atom. The predicted octanol–water partition coefficient (Wildman–Crippen LogP) is 3.41. The highest BCUT2D eigenvalue weighted by molar-refractivity contribution is 6.44. The van der Waals surface area contributed by atoms with E-state index in [4.69, 9.17) is 21.1 Å². The summed E-state index contributed by atoms with van der Waals surface area (Å²) in [7, 11) is 0. The maximum absolute atomic E-state index is 13.5. The van der Waals surface area contributed by atoms with Gasteiger partial charge in [0.15, 0.2) is 5.78 Å². The summed E-state index contributed by atoms with van der Waals surface area (Å²) in [5, 5.41) is 0.495. The van der Waals surface area contributed by atoms with Crippen LogP contribution in [0.1, 0.15) is 35.8 Å². The highest BCUT2D eigenvalue weighted by Gasteiger charge is 2.51. The van der Waals surface area contributed by atoms with Crippen molar-refractivity contribution in [2.45, 2.75) is 26.0 Å². The summed E-state index contributed by atoms with van der Waals surface area (Å²) in [5.41, 5.74) is 1.08. The fourth-order valence-corrected chi connectivity index (χ4v) is 4.61. The number of rotatable bonds is 8. The van der Waals surface area contributed by atoms with Gasteiger partial charge in [-0.15, -0.1) is 0 Å². The molecule has 2 aliphatic heterocycles. The third kappa shape index (κ3) is 5.32. The van der Waals surface area contributed by atoms with Gasteiger partial charge in [-0.2, -0.15) is 0 Å². The number of hydrogen-bond donors (Lipinski definition) is 0. The first kappa shape index (κ1) is 24.4. The van der Waals surface area contributed by atoms with Gasteiger partial charge in [0.25, 0.3) is 5.91 Å². The number of nitrogens with zero attached hydrogens (tertiary/aromatic N) is 2. The summed E-state index contributed by atoms with van der Waals surface area (Å²) in [6, 6.07) is 13.0. The van der Waals surface area contributed by atoms with Crippen LogP contribution in [0.3, 0.4) is 0 Å². The van der Waals surface area contributed by atoms with Crippen LogP contribution in [-0.2, 0) is 14.3 Å². The van der Waals surface area contributed by atoms with Crippen LogP contribution in [0, 0.1) is 5.92 Å². The molecule has 2 aromatic carbocycles. The lowest BCUT2D eigenvalue weighted by atomic mass is 9.86. The Bertz CT molecular complexity index is 1030. The number of Topliss-reactive ketones (excluding diaryl/α,β-unsaturated/α-hetero) is 2. The van der Waals surface area contributed by atoms with Gasteiger partial charge in [0.05, 0.1) is 25.4 Å². The van der Waals surface area contributed by atoms with Crippen molar-refractivity contribution in [3.05, 3.63) is 64.7 Å². The lowest BCUT2D eigenvalue weighted by Gasteiger charge is -2.31. The van der Waals surface area contributed by atoms with Crippen molar-refractivity contribution in [2.75, 3.05) is 39.4 Å². The smallest absolute Gasteiger partial charge is 0.291 e. The molecule has 0 spiro atoms. The molecule has 0 aliphatic carbocycles. The monoisotopic (exact) mass is 484 g/mol. The van der Waals surface area contributed by atoms with Crippen LogP contribution in [0.5, 0.6) is 5.75 Å². The molecule has 0 N–H and O–H groups in total. The lowest BCUT2D eigenvalue weighted by Crippen LogP contribution is -2.42. The van der Waals surface area contributed by atoms with Gasteiger partial charge in [-0.3, -0.25) is 19.3 Å². The number of ketones is 2. The number of hydrogen-bond acceptors (Lipinski definition) is 6. The number of likely N-dealkylation sites (tertiary alicyclic amines) is 1. The molecule has 2 heterocycles. The maximum atomic E-state index is 13.5. The van der Waals surface area contributed by atoms with E-state index in [1.54, 1.807) is 29.2 Å². The van der Waals surface area contributed by atoms with E-state index in [0.717, 1.165) is 18.7 Å². The fraction of sp³-hybridized carbons (Fsp3) is 0.423. The zero-order valence-corrected chi connectivity index (χ0v) is 20.2. The molecule has 2 aromatic rings. The summed E-state index contributed by atoms with van der Waals surface area (Å²) in [5.74, 6) is -2.09. The summed E-state index contributed by atoms with van der Waals surface area (Å²) in [6.07, 6.45) is 0.0183. The number of morpholine rings is 1. The van der Waals surface area contributed by atoms with Crippen LogP contribution in [0.15, 0.2) is 48.5 Å². The van der Waals surface area contributed by atoms with Gasteiger partial charge in [0.1, 0.15) is 11.7 Å². The zero-order chi connectivity index (χ0) is 24.2. The van der Waals surface area contributed by atoms with E-state index in [1.807, 2.05) is 38.1 Å². The topological polar surface area (TPSA) is 76.2 Å². The van der Waals surface area contributed by atoms with Crippen LogP contribution in [0.4, 0.5) is 0 Å². The molecule has 0 bridgehead atoms. The van der Waals surface area contributed by atoms with E-state index >= 15 is 0 Å². The van der Waals surface area contributed by atoms with Gasteiger partial charge >= 0.3 is 0 Å².